The van der Waals surface area contributed by atoms with Gasteiger partial charge < -0.3 is 10.4 Å². The van der Waals surface area contributed by atoms with E-state index < -0.39 is 33.6 Å². The lowest BCUT2D eigenvalue weighted by Gasteiger charge is -2.29. The molecule has 0 bridgehead atoms. The van der Waals surface area contributed by atoms with E-state index in [1.165, 1.54) is 6.92 Å². The van der Waals surface area contributed by atoms with Crippen molar-refractivity contribution >= 4 is 27.6 Å². The van der Waals surface area contributed by atoms with Crippen molar-refractivity contribution < 1.29 is 27.5 Å². The van der Waals surface area contributed by atoms with Gasteiger partial charge in [-0.1, -0.05) is 0 Å². The van der Waals surface area contributed by atoms with Gasteiger partial charge >= 0.3 is 5.97 Å². The highest BCUT2D eigenvalue weighted by Crippen LogP contribution is 2.26. The first-order chi connectivity index (χ1) is 10.7. The summed E-state index contributed by atoms with van der Waals surface area (Å²) in [5.74, 6) is -3.07. The van der Waals surface area contributed by atoms with Crippen LogP contribution < -0.4 is 5.32 Å². The summed E-state index contributed by atoms with van der Waals surface area (Å²) in [7, 11) is -3.95. The number of sulfonamides is 1. The van der Waals surface area contributed by atoms with Crippen LogP contribution in [0.5, 0.6) is 0 Å². The zero-order valence-corrected chi connectivity index (χ0v) is 13.3. The van der Waals surface area contributed by atoms with E-state index >= 15 is 0 Å². The molecule has 7 nitrogen and oxygen atoms in total. The van der Waals surface area contributed by atoms with Crippen molar-refractivity contribution in [2.24, 2.45) is 5.92 Å². The summed E-state index contributed by atoms with van der Waals surface area (Å²) in [5, 5.41) is 11.3. The molecule has 1 saturated heterocycles. The van der Waals surface area contributed by atoms with E-state index in [1.807, 2.05) is 0 Å². The lowest BCUT2D eigenvalue weighted by molar-refractivity contribution is -0.142. The summed E-state index contributed by atoms with van der Waals surface area (Å²) in [6.07, 6.45) is 0.859. The summed E-state index contributed by atoms with van der Waals surface area (Å²) in [5.41, 5.74) is -0.231. The van der Waals surface area contributed by atoms with Gasteiger partial charge in [-0.3, -0.25) is 9.59 Å². The molecule has 1 aromatic rings. The van der Waals surface area contributed by atoms with Crippen molar-refractivity contribution in [2.75, 3.05) is 18.4 Å². The number of carboxylic acid groups (broad SMARTS) is 1. The molecule has 1 heterocycles. The summed E-state index contributed by atoms with van der Waals surface area (Å²) >= 11 is 0. The van der Waals surface area contributed by atoms with Gasteiger partial charge in [-0.2, -0.15) is 4.31 Å². The number of anilines is 1. The number of carbonyl (C=O) groups excluding carboxylic acids is 1. The molecule has 1 aromatic carbocycles. The Morgan fingerprint density at radius 3 is 2.70 bits per heavy atom. The smallest absolute Gasteiger partial charge is 0.307 e. The topological polar surface area (TPSA) is 104 Å². The number of carbonyl (C=O) groups is 2. The van der Waals surface area contributed by atoms with Crippen LogP contribution >= 0.6 is 0 Å². The van der Waals surface area contributed by atoms with Gasteiger partial charge in [0.2, 0.25) is 15.9 Å². The van der Waals surface area contributed by atoms with E-state index in [-0.39, 0.29) is 23.7 Å². The zero-order valence-electron chi connectivity index (χ0n) is 12.5. The van der Waals surface area contributed by atoms with Crippen LogP contribution in [0, 0.1) is 11.7 Å². The van der Waals surface area contributed by atoms with Crippen molar-refractivity contribution in [1.82, 2.24) is 4.31 Å². The lowest BCUT2D eigenvalue weighted by Crippen LogP contribution is -2.42. The van der Waals surface area contributed by atoms with E-state index in [4.69, 9.17) is 5.11 Å². The van der Waals surface area contributed by atoms with E-state index in [9.17, 15) is 22.4 Å². The number of aliphatic carboxylic acids is 1. The molecule has 0 aromatic heterocycles. The summed E-state index contributed by atoms with van der Waals surface area (Å²) < 4.78 is 39.9. The van der Waals surface area contributed by atoms with Gasteiger partial charge in [-0.25, -0.2) is 12.8 Å². The Kier molecular flexibility index (Phi) is 5.00. The predicted octanol–water partition coefficient (Wildman–Crippen LogP) is 1.27. The van der Waals surface area contributed by atoms with E-state index in [0.717, 1.165) is 22.5 Å². The fraction of sp³-hybridized carbons (Fsp3) is 0.429. The first kappa shape index (κ1) is 17.4. The Hall–Kier alpha value is -2.00. The molecule has 1 fully saturated rings. The second-order valence-electron chi connectivity index (χ2n) is 5.36. The largest absolute Gasteiger partial charge is 0.481 e. The molecule has 0 saturated carbocycles. The van der Waals surface area contributed by atoms with Crippen molar-refractivity contribution in [2.45, 2.75) is 24.7 Å². The highest BCUT2D eigenvalue weighted by molar-refractivity contribution is 7.89. The average molecular weight is 344 g/mol. The van der Waals surface area contributed by atoms with Gasteiger partial charge in [-0.05, 0) is 31.0 Å². The molecule has 126 valence electrons. The second-order valence-corrected chi connectivity index (χ2v) is 7.30. The number of hydrogen-bond acceptors (Lipinski definition) is 4. The van der Waals surface area contributed by atoms with Crippen LogP contribution in [0.25, 0.3) is 0 Å². The van der Waals surface area contributed by atoms with Crippen molar-refractivity contribution in [1.29, 1.82) is 0 Å². The maximum absolute atomic E-state index is 13.6. The second kappa shape index (κ2) is 6.63. The molecule has 0 radical (unpaired) electrons. The van der Waals surface area contributed by atoms with Crippen LogP contribution in [0.4, 0.5) is 10.1 Å². The monoisotopic (exact) mass is 344 g/mol. The van der Waals surface area contributed by atoms with Crippen LogP contribution in [0.2, 0.25) is 0 Å². The number of halogens is 1. The molecule has 1 aliphatic heterocycles. The molecule has 2 N–H and O–H groups in total. The van der Waals surface area contributed by atoms with Crippen LogP contribution in [-0.4, -0.2) is 42.8 Å². The predicted molar refractivity (Wildman–Crippen MR) is 79.8 cm³/mol. The number of nitrogens with one attached hydrogen (secondary N) is 1. The number of amides is 1. The fourth-order valence-corrected chi connectivity index (χ4v) is 4.01. The van der Waals surface area contributed by atoms with E-state index in [1.54, 1.807) is 0 Å². The average Bonchev–Trinajstić information content (AvgIpc) is 2.49. The van der Waals surface area contributed by atoms with Crippen molar-refractivity contribution in [3.8, 4) is 0 Å². The highest BCUT2D eigenvalue weighted by Gasteiger charge is 2.33. The number of benzene rings is 1. The molecule has 23 heavy (non-hydrogen) atoms. The minimum absolute atomic E-state index is 0.121. The summed E-state index contributed by atoms with van der Waals surface area (Å²) in [6, 6.07) is 3.09. The molecule has 1 amide bonds. The molecule has 2 rings (SSSR count). The Morgan fingerprint density at radius 1 is 1.39 bits per heavy atom. The maximum Gasteiger partial charge on any atom is 0.307 e. The molecule has 9 heteroatoms. The SMILES string of the molecule is CC(=O)Nc1cc(S(=O)(=O)N2CCCC(C(=O)O)C2)ccc1F. The lowest BCUT2D eigenvalue weighted by atomic mass is 10.0. The van der Waals surface area contributed by atoms with Gasteiger partial charge in [0.15, 0.2) is 0 Å². The van der Waals surface area contributed by atoms with Crippen LogP contribution in [-0.2, 0) is 19.6 Å². The molecule has 1 unspecified atom stereocenters. The minimum atomic E-state index is -3.95. The van der Waals surface area contributed by atoms with E-state index in [0.29, 0.717) is 12.8 Å². The minimum Gasteiger partial charge on any atom is -0.481 e. The van der Waals surface area contributed by atoms with Crippen LogP contribution in [0.1, 0.15) is 19.8 Å². The number of nitrogens with zero attached hydrogens (tertiary/aromatic N) is 1. The molecule has 1 atom stereocenters. The van der Waals surface area contributed by atoms with E-state index in [2.05, 4.69) is 5.32 Å². The van der Waals surface area contributed by atoms with Crippen molar-refractivity contribution in [3.05, 3.63) is 24.0 Å². The van der Waals surface area contributed by atoms with Crippen LogP contribution in [0.3, 0.4) is 0 Å². The van der Waals surface area contributed by atoms with Gasteiger partial charge in [0.1, 0.15) is 5.82 Å². The Morgan fingerprint density at radius 2 is 2.09 bits per heavy atom. The maximum atomic E-state index is 13.6. The highest BCUT2D eigenvalue weighted by atomic mass is 32.2. The van der Waals surface area contributed by atoms with Crippen molar-refractivity contribution in [3.63, 3.8) is 0 Å². The summed E-state index contributed by atoms with van der Waals surface area (Å²) in [4.78, 5) is 21.9. The third-order valence-electron chi connectivity index (χ3n) is 3.62. The van der Waals surface area contributed by atoms with Gasteiger partial charge in [-0.15, -0.1) is 0 Å². The molecule has 0 spiro atoms. The number of carboxylic acids is 1. The Bertz CT molecular complexity index is 735. The molecule has 0 aliphatic carbocycles. The van der Waals surface area contributed by atoms with Crippen LogP contribution in [0.15, 0.2) is 23.1 Å². The number of piperidine rings is 1. The fourth-order valence-electron chi connectivity index (χ4n) is 2.46. The number of hydrogen-bond donors (Lipinski definition) is 2. The third-order valence-corrected chi connectivity index (χ3v) is 5.48. The molecular formula is C14H17FN2O5S. The Labute approximate surface area is 133 Å². The standard InChI is InChI=1S/C14H17FN2O5S/c1-9(18)16-13-7-11(4-5-12(13)15)23(21,22)17-6-2-3-10(8-17)14(19)20/h4-5,7,10H,2-3,6,8H2,1H3,(H,16,18)(H,19,20). The third kappa shape index (κ3) is 3.85. The zero-order chi connectivity index (χ0) is 17.2. The first-order valence-corrected chi connectivity index (χ1v) is 8.46. The summed E-state index contributed by atoms with van der Waals surface area (Å²) in [6.45, 7) is 1.27. The van der Waals surface area contributed by atoms with Gasteiger partial charge in [0.25, 0.3) is 0 Å². The molecular weight excluding hydrogens is 327 g/mol. The quantitative estimate of drug-likeness (QED) is 0.856. The molecule has 1 aliphatic rings. The Balaban J connectivity index is 2.32. The number of rotatable bonds is 4. The normalized spacial score (nSPS) is 19.3. The van der Waals surface area contributed by atoms with Gasteiger partial charge in [0.05, 0.1) is 16.5 Å². The first-order valence-electron chi connectivity index (χ1n) is 7.02. The van der Waals surface area contributed by atoms with Gasteiger partial charge in [0, 0.05) is 20.0 Å².